The van der Waals surface area contributed by atoms with Gasteiger partial charge in [0.1, 0.15) is 0 Å². The topological polar surface area (TPSA) is 0 Å². The molecule has 0 aromatic carbocycles. The van der Waals surface area contributed by atoms with Gasteiger partial charge < -0.3 is 0 Å². The van der Waals surface area contributed by atoms with E-state index in [0.29, 0.717) is 0 Å². The molecule has 0 heterocycles. The molecule has 0 radical (unpaired) electrons. The Kier molecular flexibility index (Phi) is 1.51. The predicted octanol–water partition coefficient (Wildman–Crippen LogP) is 3.14. The second kappa shape index (κ2) is 2.11. The van der Waals surface area contributed by atoms with Crippen LogP contribution in [-0.2, 0) is 0 Å². The minimum absolute atomic E-state index is 0.893. The summed E-state index contributed by atoms with van der Waals surface area (Å²) in [7, 11) is 0. The Balaban J connectivity index is 1.96. The van der Waals surface area contributed by atoms with Gasteiger partial charge in [0, 0.05) is 3.92 Å². The van der Waals surface area contributed by atoms with Gasteiger partial charge in [-0.05, 0) is 37.5 Å². The Bertz CT molecular complexity index is 116. The minimum Gasteiger partial charge on any atom is -0.0826 e. The second-order valence-electron chi connectivity index (χ2n) is 3.69. The largest absolute Gasteiger partial charge is 0.0826 e. The molecule has 0 bridgehead atoms. The molecule has 0 N–H and O–H groups in total. The molecule has 2 aliphatic rings. The molecule has 0 aliphatic heterocycles. The van der Waals surface area contributed by atoms with Crippen molar-refractivity contribution in [2.24, 2.45) is 5.41 Å². The molecule has 0 amide bonds. The van der Waals surface area contributed by atoms with E-state index in [1.54, 1.807) is 19.3 Å². The fourth-order valence-electron chi connectivity index (χ4n) is 2.00. The van der Waals surface area contributed by atoms with Crippen molar-refractivity contribution in [1.29, 1.82) is 0 Å². The molecule has 2 saturated carbocycles. The average molecular weight is 236 g/mol. The Morgan fingerprint density at radius 1 is 1.22 bits per heavy atom. The van der Waals surface area contributed by atoms with Crippen molar-refractivity contribution in [2.45, 2.75) is 42.4 Å². The lowest BCUT2D eigenvalue weighted by molar-refractivity contribution is 0.352. The summed E-state index contributed by atoms with van der Waals surface area (Å²) in [6.45, 7) is 0. The number of alkyl halides is 1. The smallest absolute Gasteiger partial charge is 0.0115 e. The lowest BCUT2D eigenvalue weighted by Crippen LogP contribution is -2.15. The first kappa shape index (κ1) is 6.44. The fourth-order valence-corrected chi connectivity index (χ4v) is 3.38. The molecular formula is C8H13I. The molecule has 1 atom stereocenters. The average Bonchev–Trinajstić information content (AvgIpc) is 2.49. The van der Waals surface area contributed by atoms with E-state index < -0.39 is 0 Å². The van der Waals surface area contributed by atoms with E-state index in [0.717, 1.165) is 9.34 Å². The zero-order valence-electron chi connectivity index (χ0n) is 5.70. The lowest BCUT2D eigenvalue weighted by atomic mass is 9.86. The second-order valence-corrected chi connectivity index (χ2v) is 5.46. The predicted molar refractivity (Wildman–Crippen MR) is 47.9 cm³/mol. The van der Waals surface area contributed by atoms with Gasteiger partial charge in [0.15, 0.2) is 0 Å². The van der Waals surface area contributed by atoms with Crippen molar-refractivity contribution in [1.82, 2.24) is 0 Å². The zero-order valence-corrected chi connectivity index (χ0v) is 7.86. The van der Waals surface area contributed by atoms with Crippen LogP contribution in [0.3, 0.4) is 0 Å². The number of rotatable bonds is 0. The molecule has 2 aliphatic carbocycles. The summed E-state index contributed by atoms with van der Waals surface area (Å²) in [6.07, 6.45) is 9.18. The highest BCUT2D eigenvalue weighted by atomic mass is 127. The highest BCUT2D eigenvalue weighted by Gasteiger charge is 2.44. The van der Waals surface area contributed by atoms with Crippen molar-refractivity contribution in [3.05, 3.63) is 0 Å². The van der Waals surface area contributed by atoms with Crippen LogP contribution in [0.1, 0.15) is 38.5 Å². The molecule has 0 aromatic rings. The molecule has 0 unspecified atom stereocenters. The summed E-state index contributed by atoms with van der Waals surface area (Å²) in [5.41, 5.74) is 0.893. The summed E-state index contributed by atoms with van der Waals surface area (Å²) in [6, 6.07) is 0. The monoisotopic (exact) mass is 236 g/mol. The van der Waals surface area contributed by atoms with Crippen LogP contribution in [0.15, 0.2) is 0 Å². The van der Waals surface area contributed by atoms with Crippen LogP contribution in [0.5, 0.6) is 0 Å². The van der Waals surface area contributed by atoms with Crippen LogP contribution in [0, 0.1) is 5.41 Å². The Labute approximate surface area is 70.5 Å². The van der Waals surface area contributed by atoms with Gasteiger partial charge in [-0.2, -0.15) is 0 Å². The standard InChI is InChI=1S/C8H13I/c9-7-2-1-3-8(6-7)4-5-8/h7H,1-6H2/t7-/m0/s1. The van der Waals surface area contributed by atoms with Crippen LogP contribution in [0.2, 0.25) is 0 Å². The van der Waals surface area contributed by atoms with Gasteiger partial charge in [-0.1, -0.05) is 29.0 Å². The minimum atomic E-state index is 0.893. The van der Waals surface area contributed by atoms with E-state index in [1.165, 1.54) is 19.3 Å². The highest BCUT2D eigenvalue weighted by Crippen LogP contribution is 2.57. The van der Waals surface area contributed by atoms with Gasteiger partial charge in [0.05, 0.1) is 0 Å². The normalized spacial score (nSPS) is 39.0. The van der Waals surface area contributed by atoms with Crippen LogP contribution in [0.25, 0.3) is 0 Å². The van der Waals surface area contributed by atoms with E-state index in [2.05, 4.69) is 22.6 Å². The zero-order chi connectivity index (χ0) is 6.32. The summed E-state index contributed by atoms with van der Waals surface area (Å²) < 4.78 is 1.01. The van der Waals surface area contributed by atoms with Gasteiger partial charge in [-0.25, -0.2) is 0 Å². The van der Waals surface area contributed by atoms with Crippen molar-refractivity contribution < 1.29 is 0 Å². The Morgan fingerprint density at radius 2 is 2.00 bits per heavy atom. The molecule has 1 heteroatoms. The molecular weight excluding hydrogens is 223 g/mol. The first-order chi connectivity index (χ1) is 4.31. The van der Waals surface area contributed by atoms with Gasteiger partial charge in [0.25, 0.3) is 0 Å². The maximum Gasteiger partial charge on any atom is 0.0115 e. The molecule has 0 nitrogen and oxygen atoms in total. The van der Waals surface area contributed by atoms with E-state index in [1.807, 2.05) is 0 Å². The van der Waals surface area contributed by atoms with Crippen LogP contribution < -0.4 is 0 Å². The van der Waals surface area contributed by atoms with Gasteiger partial charge >= 0.3 is 0 Å². The maximum absolute atomic E-state index is 2.62. The fraction of sp³-hybridized carbons (Fsp3) is 1.00. The van der Waals surface area contributed by atoms with Gasteiger partial charge in [-0.15, -0.1) is 0 Å². The number of halogens is 1. The van der Waals surface area contributed by atoms with Gasteiger partial charge in [0.2, 0.25) is 0 Å². The summed E-state index contributed by atoms with van der Waals surface area (Å²) in [5, 5.41) is 0. The highest BCUT2D eigenvalue weighted by molar-refractivity contribution is 14.1. The number of hydrogen-bond donors (Lipinski definition) is 0. The maximum atomic E-state index is 2.62. The molecule has 2 fully saturated rings. The summed E-state index contributed by atoms with van der Waals surface area (Å²) >= 11 is 2.62. The summed E-state index contributed by atoms with van der Waals surface area (Å²) in [5.74, 6) is 0. The van der Waals surface area contributed by atoms with Crippen LogP contribution in [0.4, 0.5) is 0 Å². The van der Waals surface area contributed by atoms with Crippen molar-refractivity contribution in [3.8, 4) is 0 Å². The Morgan fingerprint density at radius 3 is 2.44 bits per heavy atom. The van der Waals surface area contributed by atoms with Crippen LogP contribution >= 0.6 is 22.6 Å². The molecule has 0 saturated heterocycles. The first-order valence-electron chi connectivity index (χ1n) is 3.95. The quantitative estimate of drug-likeness (QED) is 0.447. The third-order valence-electron chi connectivity index (χ3n) is 2.84. The molecule has 52 valence electrons. The van der Waals surface area contributed by atoms with Crippen molar-refractivity contribution in [2.75, 3.05) is 0 Å². The third kappa shape index (κ3) is 1.26. The molecule has 2 rings (SSSR count). The van der Waals surface area contributed by atoms with E-state index in [4.69, 9.17) is 0 Å². The van der Waals surface area contributed by atoms with Crippen molar-refractivity contribution in [3.63, 3.8) is 0 Å². The molecule has 9 heavy (non-hydrogen) atoms. The van der Waals surface area contributed by atoms with E-state index in [9.17, 15) is 0 Å². The van der Waals surface area contributed by atoms with E-state index in [-0.39, 0.29) is 0 Å². The van der Waals surface area contributed by atoms with Gasteiger partial charge in [-0.3, -0.25) is 0 Å². The summed E-state index contributed by atoms with van der Waals surface area (Å²) in [4.78, 5) is 0. The Hall–Kier alpha value is 0.730. The first-order valence-corrected chi connectivity index (χ1v) is 5.19. The van der Waals surface area contributed by atoms with Crippen molar-refractivity contribution >= 4 is 22.6 Å². The van der Waals surface area contributed by atoms with Crippen LogP contribution in [-0.4, -0.2) is 3.92 Å². The molecule has 1 spiro atoms. The SMILES string of the molecule is I[C@H]1CCCC2(CC2)C1. The third-order valence-corrected chi connectivity index (χ3v) is 3.90. The van der Waals surface area contributed by atoms with E-state index >= 15 is 0 Å². The lowest BCUT2D eigenvalue weighted by Gasteiger charge is -2.24. The number of hydrogen-bond acceptors (Lipinski definition) is 0. The molecule has 0 aromatic heterocycles.